The van der Waals surface area contributed by atoms with Gasteiger partial charge in [-0.25, -0.2) is 4.98 Å². The summed E-state index contributed by atoms with van der Waals surface area (Å²) in [5, 5.41) is 3.40. The van der Waals surface area contributed by atoms with Gasteiger partial charge >= 0.3 is 12.0 Å². The lowest BCUT2D eigenvalue weighted by Crippen LogP contribution is -2.25. The number of nitrogen functional groups attached to an aromatic ring is 1. The van der Waals surface area contributed by atoms with Crippen LogP contribution in [0.15, 0.2) is 12.1 Å². The number of ether oxygens (including phenoxy) is 2. The Morgan fingerprint density at radius 1 is 1.21 bits per heavy atom. The van der Waals surface area contributed by atoms with E-state index in [2.05, 4.69) is 25.2 Å². The van der Waals surface area contributed by atoms with Crippen LogP contribution in [-0.2, 0) is 0 Å². The van der Waals surface area contributed by atoms with E-state index in [9.17, 15) is 4.79 Å². The fraction of sp³-hybridized carbons (Fsp3) is 0.389. The number of fused-ring (bicyclic) bond motifs is 1. The number of carbonyl (C=O) groups is 1. The molecular weight excluding hydrogens is 394 g/mol. The highest BCUT2D eigenvalue weighted by Gasteiger charge is 2.31. The molecule has 1 fully saturated rings. The van der Waals surface area contributed by atoms with Gasteiger partial charge in [-0.05, 0) is 25.0 Å². The number of nitrogens with zero attached hydrogens (tertiary/aromatic N) is 5. The third-order valence-corrected chi connectivity index (χ3v) is 5.96. The van der Waals surface area contributed by atoms with Gasteiger partial charge in [0.1, 0.15) is 9.71 Å². The molecule has 4 rings (SSSR count). The Morgan fingerprint density at radius 2 is 1.93 bits per heavy atom. The summed E-state index contributed by atoms with van der Waals surface area (Å²) in [6.45, 7) is 0.775. The summed E-state index contributed by atoms with van der Waals surface area (Å²) in [4.78, 5) is 32.9. The van der Waals surface area contributed by atoms with Crippen LogP contribution in [0.3, 0.4) is 0 Å². The van der Waals surface area contributed by atoms with E-state index >= 15 is 0 Å². The molecule has 4 heterocycles. The first-order valence-electron chi connectivity index (χ1n) is 9.07. The minimum absolute atomic E-state index is 0.0111. The molecule has 0 unspecified atom stereocenters. The number of hydrogen-bond donors (Lipinski definition) is 2. The van der Waals surface area contributed by atoms with Gasteiger partial charge in [-0.1, -0.05) is 0 Å². The van der Waals surface area contributed by atoms with Crippen LogP contribution >= 0.6 is 11.3 Å². The Labute approximate surface area is 171 Å². The van der Waals surface area contributed by atoms with Crippen LogP contribution in [0.2, 0.25) is 0 Å². The van der Waals surface area contributed by atoms with Crippen LogP contribution in [0, 0.1) is 0 Å². The number of carbonyl (C=O) groups excluding carboxylic acids is 1. The number of nitrogens with one attached hydrogen (secondary N) is 1. The second kappa shape index (κ2) is 7.66. The monoisotopic (exact) mass is 415 g/mol. The second-order valence-electron chi connectivity index (χ2n) is 6.47. The molecule has 3 N–H and O–H groups in total. The van der Waals surface area contributed by atoms with Gasteiger partial charge in [0.15, 0.2) is 0 Å². The maximum Gasteiger partial charge on any atom is 0.324 e. The fourth-order valence-electron chi connectivity index (χ4n) is 3.43. The number of thiophene rings is 1. The maximum absolute atomic E-state index is 12.0. The quantitative estimate of drug-likeness (QED) is 0.640. The number of aromatic nitrogens is 4. The highest BCUT2D eigenvalue weighted by molar-refractivity contribution is 7.21. The second-order valence-corrected chi connectivity index (χ2v) is 7.47. The van der Waals surface area contributed by atoms with E-state index in [1.165, 1.54) is 25.6 Å². The van der Waals surface area contributed by atoms with Gasteiger partial charge in [-0.15, -0.1) is 16.3 Å². The van der Waals surface area contributed by atoms with E-state index in [0.29, 0.717) is 16.5 Å². The molecule has 152 valence electrons. The molecule has 10 nitrogen and oxygen atoms in total. The lowest BCUT2D eigenvalue weighted by molar-refractivity contribution is 0.0968. The van der Waals surface area contributed by atoms with Gasteiger partial charge in [0, 0.05) is 19.0 Å². The number of hydrogen-bond acceptors (Lipinski definition) is 10. The SMILES string of the molecule is CNC(=O)c1sc2nc([C@H]3CCCN3c3nc(OC)nc(OC)n3)ccc2c1N. The number of methoxy groups -OCH3 is 2. The average molecular weight is 415 g/mol. The average Bonchev–Trinajstić information content (AvgIpc) is 3.37. The van der Waals surface area contributed by atoms with Crippen LogP contribution in [0.25, 0.3) is 10.2 Å². The zero-order valence-corrected chi connectivity index (χ0v) is 17.1. The van der Waals surface area contributed by atoms with Crippen molar-refractivity contribution >= 4 is 39.1 Å². The van der Waals surface area contributed by atoms with Crippen LogP contribution in [-0.4, -0.2) is 53.7 Å². The zero-order chi connectivity index (χ0) is 20.5. The lowest BCUT2D eigenvalue weighted by atomic mass is 10.1. The molecule has 11 heteroatoms. The zero-order valence-electron chi connectivity index (χ0n) is 16.3. The highest BCUT2D eigenvalue weighted by Crippen LogP contribution is 2.38. The predicted molar refractivity (Wildman–Crippen MR) is 110 cm³/mol. The predicted octanol–water partition coefficient (Wildman–Crippen LogP) is 1.78. The third-order valence-electron chi connectivity index (χ3n) is 4.85. The first-order valence-corrected chi connectivity index (χ1v) is 9.89. The maximum atomic E-state index is 12.0. The van der Waals surface area contributed by atoms with Crippen molar-refractivity contribution in [3.63, 3.8) is 0 Å². The normalized spacial score (nSPS) is 16.2. The summed E-state index contributed by atoms with van der Waals surface area (Å²) in [6, 6.07) is 4.24. The molecule has 0 spiro atoms. The molecule has 1 amide bonds. The fourth-order valence-corrected chi connectivity index (χ4v) is 4.48. The van der Waals surface area contributed by atoms with Crippen molar-refractivity contribution < 1.29 is 14.3 Å². The number of pyridine rings is 1. The van der Waals surface area contributed by atoms with Crippen molar-refractivity contribution in [1.82, 2.24) is 25.3 Å². The van der Waals surface area contributed by atoms with Crippen LogP contribution < -0.4 is 25.4 Å². The molecular formula is C18H21N7O3S. The minimum Gasteiger partial charge on any atom is -0.467 e. The summed E-state index contributed by atoms with van der Waals surface area (Å²) in [6.07, 6.45) is 1.87. The molecule has 1 saturated heterocycles. The summed E-state index contributed by atoms with van der Waals surface area (Å²) in [7, 11) is 4.58. The Balaban J connectivity index is 1.72. The van der Waals surface area contributed by atoms with Gasteiger partial charge in [0.05, 0.1) is 31.6 Å². The molecule has 0 saturated carbocycles. The highest BCUT2D eigenvalue weighted by atomic mass is 32.1. The molecule has 3 aromatic heterocycles. The van der Waals surface area contributed by atoms with Gasteiger partial charge in [-0.2, -0.15) is 9.97 Å². The van der Waals surface area contributed by atoms with Crippen LogP contribution in [0.4, 0.5) is 11.6 Å². The Hall–Kier alpha value is -3.21. The topological polar surface area (TPSA) is 128 Å². The van der Waals surface area contributed by atoms with E-state index in [-0.39, 0.29) is 24.0 Å². The largest absolute Gasteiger partial charge is 0.467 e. The van der Waals surface area contributed by atoms with Crippen molar-refractivity contribution in [1.29, 1.82) is 0 Å². The summed E-state index contributed by atoms with van der Waals surface area (Å²) >= 11 is 1.29. The molecule has 29 heavy (non-hydrogen) atoms. The lowest BCUT2D eigenvalue weighted by Gasteiger charge is -2.24. The smallest absolute Gasteiger partial charge is 0.324 e. The van der Waals surface area contributed by atoms with E-state index in [1.54, 1.807) is 7.05 Å². The van der Waals surface area contributed by atoms with Crippen LogP contribution in [0.5, 0.6) is 12.0 Å². The molecule has 3 aromatic rings. The number of nitrogens with two attached hydrogens (primary N) is 1. The summed E-state index contributed by atoms with van der Waals surface area (Å²) < 4.78 is 10.3. The number of amides is 1. The van der Waals surface area contributed by atoms with Crippen molar-refractivity contribution in [2.45, 2.75) is 18.9 Å². The van der Waals surface area contributed by atoms with E-state index in [0.717, 1.165) is 35.3 Å². The van der Waals surface area contributed by atoms with Crippen molar-refractivity contribution in [3.05, 3.63) is 22.7 Å². The third kappa shape index (κ3) is 3.37. The number of anilines is 2. The summed E-state index contributed by atoms with van der Waals surface area (Å²) in [5.74, 6) is 0.272. The van der Waals surface area contributed by atoms with Gasteiger partial charge in [-0.3, -0.25) is 4.79 Å². The van der Waals surface area contributed by atoms with Gasteiger partial charge < -0.3 is 25.4 Å². The first-order chi connectivity index (χ1) is 14.0. The van der Waals surface area contributed by atoms with E-state index in [1.807, 2.05) is 12.1 Å². The van der Waals surface area contributed by atoms with E-state index < -0.39 is 0 Å². The number of rotatable bonds is 5. The molecule has 1 atom stereocenters. The Kier molecular flexibility index (Phi) is 5.05. The van der Waals surface area contributed by atoms with Crippen molar-refractivity contribution in [2.24, 2.45) is 0 Å². The Bertz CT molecular complexity index is 1050. The Morgan fingerprint density at radius 3 is 2.59 bits per heavy atom. The minimum atomic E-state index is -0.209. The van der Waals surface area contributed by atoms with Gasteiger partial charge in [0.25, 0.3) is 5.91 Å². The van der Waals surface area contributed by atoms with Crippen molar-refractivity contribution in [3.8, 4) is 12.0 Å². The molecule has 0 bridgehead atoms. The van der Waals surface area contributed by atoms with E-state index in [4.69, 9.17) is 20.2 Å². The molecule has 0 aromatic carbocycles. The molecule has 0 radical (unpaired) electrons. The molecule has 0 aliphatic carbocycles. The molecule has 1 aliphatic heterocycles. The standard InChI is InChI=1S/C18H21N7O3S/c1-20-14(26)13-12(19)9-6-7-10(21-15(9)29-13)11-5-4-8-25(11)16-22-17(27-2)24-18(23-16)28-3/h6-7,11H,4-5,8,19H2,1-3H3,(H,20,26)/t11-/m1/s1. The first kappa shape index (κ1) is 19.1. The molecule has 1 aliphatic rings. The van der Waals surface area contributed by atoms with Crippen molar-refractivity contribution in [2.75, 3.05) is 38.4 Å². The summed E-state index contributed by atoms with van der Waals surface area (Å²) in [5.41, 5.74) is 7.48. The van der Waals surface area contributed by atoms with Crippen LogP contribution in [0.1, 0.15) is 34.2 Å². The van der Waals surface area contributed by atoms with Gasteiger partial charge in [0.2, 0.25) is 5.95 Å².